The van der Waals surface area contributed by atoms with Crippen molar-refractivity contribution in [2.75, 3.05) is 12.9 Å². The molecule has 5 heteroatoms. The molecule has 0 unspecified atom stereocenters. The Morgan fingerprint density at radius 2 is 1.67 bits per heavy atom. The summed E-state index contributed by atoms with van der Waals surface area (Å²) in [6.45, 7) is 3.48. The molecule has 0 N–H and O–H groups in total. The number of carbonyl (C=O) groups excluding carboxylic acids is 1. The zero-order valence-electron chi connectivity index (χ0n) is 15.1. The molecule has 1 aromatic carbocycles. The Morgan fingerprint density at radius 1 is 1.04 bits per heavy atom. The summed E-state index contributed by atoms with van der Waals surface area (Å²) in [5.41, 5.74) is 2.22. The number of carbonyl (C=O) groups is 1. The molecule has 0 saturated carbocycles. The quantitative estimate of drug-likeness (QED) is 0.449. The van der Waals surface area contributed by atoms with Crippen molar-refractivity contribution in [3.05, 3.63) is 35.4 Å². The number of benzene rings is 1. The number of esters is 1. The van der Waals surface area contributed by atoms with Gasteiger partial charge in [0.1, 0.15) is 0 Å². The van der Waals surface area contributed by atoms with Gasteiger partial charge in [-0.05, 0) is 44.2 Å². The van der Waals surface area contributed by atoms with Gasteiger partial charge in [-0.25, -0.2) is 8.42 Å². The monoisotopic (exact) mass is 354 g/mol. The van der Waals surface area contributed by atoms with Crippen LogP contribution in [-0.4, -0.2) is 32.5 Å². The van der Waals surface area contributed by atoms with Gasteiger partial charge in [-0.15, -0.1) is 0 Å². The molecule has 0 aliphatic carbocycles. The van der Waals surface area contributed by atoms with Crippen LogP contribution in [-0.2, 0) is 32.2 Å². The van der Waals surface area contributed by atoms with Gasteiger partial charge >= 0.3 is 5.97 Å². The van der Waals surface area contributed by atoms with Crippen LogP contribution in [0.2, 0.25) is 0 Å². The third-order valence-electron chi connectivity index (χ3n) is 4.18. The molecule has 0 aliphatic heterocycles. The van der Waals surface area contributed by atoms with E-state index in [0.717, 1.165) is 44.1 Å². The number of ether oxygens (including phenoxy) is 1. The highest BCUT2D eigenvalue weighted by atomic mass is 32.2. The van der Waals surface area contributed by atoms with Crippen molar-refractivity contribution < 1.29 is 17.9 Å². The molecule has 0 fully saturated rings. The van der Waals surface area contributed by atoms with E-state index in [-0.39, 0.29) is 11.2 Å². The zero-order chi connectivity index (χ0) is 18.0. The van der Waals surface area contributed by atoms with E-state index in [0.29, 0.717) is 12.2 Å². The van der Waals surface area contributed by atoms with E-state index in [1.165, 1.54) is 12.7 Å². The van der Waals surface area contributed by atoms with Crippen LogP contribution >= 0.6 is 0 Å². The highest BCUT2D eigenvalue weighted by Crippen LogP contribution is 2.13. The van der Waals surface area contributed by atoms with Crippen LogP contribution in [0.15, 0.2) is 24.3 Å². The lowest BCUT2D eigenvalue weighted by Gasteiger charge is -2.07. The average Bonchev–Trinajstić information content (AvgIpc) is 2.54. The number of aryl methyl sites for hydroxylation is 1. The highest BCUT2D eigenvalue weighted by Gasteiger charge is 2.14. The average molecular weight is 355 g/mol. The van der Waals surface area contributed by atoms with Crippen molar-refractivity contribution in [3.8, 4) is 0 Å². The molecular formula is C19H30O4S. The fraction of sp³-hybridized carbons (Fsp3) is 0.632. The standard InChI is InChI=1S/C19H30O4S/c1-16(2)24(21,22)13-8-6-4-5-7-10-17-11-9-12-18(14-17)15-19(20)23-3/h9,11-12,14,16H,4-8,10,13,15H2,1-3H3. The van der Waals surface area contributed by atoms with Gasteiger partial charge in [-0.2, -0.15) is 0 Å². The van der Waals surface area contributed by atoms with Crippen molar-refractivity contribution >= 4 is 15.8 Å². The van der Waals surface area contributed by atoms with Crippen LogP contribution in [0.1, 0.15) is 57.1 Å². The Morgan fingerprint density at radius 3 is 2.33 bits per heavy atom. The summed E-state index contributed by atoms with van der Waals surface area (Å²) in [6.07, 6.45) is 6.27. The van der Waals surface area contributed by atoms with Crippen molar-refractivity contribution in [1.29, 1.82) is 0 Å². The Balaban J connectivity index is 2.22. The maximum atomic E-state index is 11.7. The number of sulfone groups is 1. The molecule has 0 aromatic heterocycles. The lowest BCUT2D eigenvalue weighted by Crippen LogP contribution is -2.17. The summed E-state index contributed by atoms with van der Waals surface area (Å²) in [7, 11) is -1.49. The third kappa shape index (κ3) is 7.95. The van der Waals surface area contributed by atoms with E-state index in [2.05, 4.69) is 16.9 Å². The van der Waals surface area contributed by atoms with Gasteiger partial charge < -0.3 is 4.74 Å². The van der Waals surface area contributed by atoms with Gasteiger partial charge in [0.2, 0.25) is 0 Å². The lowest BCUT2D eigenvalue weighted by molar-refractivity contribution is -0.139. The Kier molecular flexibility index (Phi) is 9.04. The normalized spacial score (nSPS) is 11.7. The second-order valence-electron chi connectivity index (χ2n) is 6.51. The Bertz CT molecular complexity index is 606. The van der Waals surface area contributed by atoms with E-state index in [4.69, 9.17) is 0 Å². The van der Waals surface area contributed by atoms with Crippen molar-refractivity contribution in [2.45, 2.75) is 64.0 Å². The van der Waals surface area contributed by atoms with E-state index < -0.39 is 9.84 Å². The second kappa shape index (κ2) is 10.5. The van der Waals surface area contributed by atoms with Gasteiger partial charge in [-0.1, -0.05) is 43.5 Å². The SMILES string of the molecule is COC(=O)Cc1cccc(CCCCCCCS(=O)(=O)C(C)C)c1. The molecule has 4 nitrogen and oxygen atoms in total. The minimum Gasteiger partial charge on any atom is -0.469 e. The zero-order valence-corrected chi connectivity index (χ0v) is 15.9. The first kappa shape index (κ1) is 20.7. The lowest BCUT2D eigenvalue weighted by atomic mass is 10.0. The smallest absolute Gasteiger partial charge is 0.309 e. The van der Waals surface area contributed by atoms with Gasteiger partial charge in [-0.3, -0.25) is 4.79 Å². The molecule has 0 spiro atoms. The molecule has 0 aliphatic rings. The topological polar surface area (TPSA) is 60.4 Å². The molecule has 0 bridgehead atoms. The van der Waals surface area contributed by atoms with Crippen molar-refractivity contribution in [2.24, 2.45) is 0 Å². The first-order chi connectivity index (χ1) is 11.3. The van der Waals surface area contributed by atoms with Gasteiger partial charge in [0.05, 0.1) is 24.5 Å². The van der Waals surface area contributed by atoms with Gasteiger partial charge in [0.15, 0.2) is 9.84 Å². The summed E-state index contributed by atoms with van der Waals surface area (Å²) in [5, 5.41) is -0.269. The molecule has 0 amide bonds. The Hall–Kier alpha value is -1.36. The van der Waals surface area contributed by atoms with Gasteiger partial charge in [0.25, 0.3) is 0 Å². The number of unbranched alkanes of at least 4 members (excludes halogenated alkanes) is 4. The first-order valence-electron chi connectivity index (χ1n) is 8.71. The molecule has 0 atom stereocenters. The van der Waals surface area contributed by atoms with Crippen LogP contribution in [0, 0.1) is 0 Å². The number of rotatable bonds is 11. The molecule has 1 aromatic rings. The Labute approximate surface area is 146 Å². The fourth-order valence-corrected chi connectivity index (χ4v) is 3.61. The van der Waals surface area contributed by atoms with Crippen molar-refractivity contribution in [3.63, 3.8) is 0 Å². The number of hydrogen-bond acceptors (Lipinski definition) is 4. The predicted molar refractivity (Wildman–Crippen MR) is 97.9 cm³/mol. The fourth-order valence-electron chi connectivity index (χ4n) is 2.53. The predicted octanol–water partition coefficient (Wildman–Crippen LogP) is 3.72. The molecule has 0 radical (unpaired) electrons. The number of methoxy groups -OCH3 is 1. The molecule has 1 rings (SSSR count). The maximum absolute atomic E-state index is 11.7. The summed E-state index contributed by atoms with van der Waals surface area (Å²) in [6, 6.07) is 8.06. The first-order valence-corrected chi connectivity index (χ1v) is 10.4. The van der Waals surface area contributed by atoms with Crippen LogP contribution in [0.25, 0.3) is 0 Å². The minimum absolute atomic E-state index is 0.219. The molecule has 136 valence electrons. The molecule has 0 heterocycles. The summed E-state index contributed by atoms with van der Waals surface area (Å²) in [4.78, 5) is 11.3. The van der Waals surface area contributed by atoms with Gasteiger partial charge in [0, 0.05) is 0 Å². The highest BCUT2D eigenvalue weighted by molar-refractivity contribution is 7.91. The summed E-state index contributed by atoms with van der Waals surface area (Å²) >= 11 is 0. The summed E-state index contributed by atoms with van der Waals surface area (Å²) < 4.78 is 28.1. The molecule has 0 saturated heterocycles. The third-order valence-corrected chi connectivity index (χ3v) is 6.47. The summed E-state index contributed by atoms with van der Waals surface area (Å²) in [5.74, 6) is 0.0868. The molecular weight excluding hydrogens is 324 g/mol. The largest absolute Gasteiger partial charge is 0.469 e. The van der Waals surface area contributed by atoms with Crippen LogP contribution in [0.3, 0.4) is 0 Å². The minimum atomic E-state index is -2.89. The van der Waals surface area contributed by atoms with Crippen LogP contribution < -0.4 is 0 Å². The van der Waals surface area contributed by atoms with E-state index in [1.54, 1.807) is 13.8 Å². The van der Waals surface area contributed by atoms with Crippen LogP contribution in [0.4, 0.5) is 0 Å². The van der Waals surface area contributed by atoms with Crippen LogP contribution in [0.5, 0.6) is 0 Å². The van der Waals surface area contributed by atoms with Crippen molar-refractivity contribution in [1.82, 2.24) is 0 Å². The van der Waals surface area contributed by atoms with E-state index >= 15 is 0 Å². The number of hydrogen-bond donors (Lipinski definition) is 0. The van der Waals surface area contributed by atoms with E-state index in [1.807, 2.05) is 12.1 Å². The maximum Gasteiger partial charge on any atom is 0.309 e. The second-order valence-corrected chi connectivity index (χ2v) is 9.18. The molecule has 24 heavy (non-hydrogen) atoms. The van der Waals surface area contributed by atoms with E-state index in [9.17, 15) is 13.2 Å².